The molecule has 1 saturated carbocycles. The van der Waals surface area contributed by atoms with Crippen LogP contribution in [0.3, 0.4) is 0 Å². The molecule has 4 amide bonds. The molecule has 1 aliphatic carbocycles. The molecule has 1 aliphatic heterocycles. The SMILES string of the molecule is CC1(c2cccc3ccccc23)NC(=O)N(CC(=O)NC2CC2)C1=O. The number of fused-ring (bicyclic) bond motifs is 1. The molecule has 0 aromatic heterocycles. The highest BCUT2D eigenvalue weighted by molar-refractivity contribution is 6.10. The smallest absolute Gasteiger partial charge is 0.325 e. The number of urea groups is 1. The molecular weight excluding hydrogens is 318 g/mol. The Morgan fingerprint density at radius 3 is 2.68 bits per heavy atom. The molecule has 2 aromatic rings. The van der Waals surface area contributed by atoms with Gasteiger partial charge in [0, 0.05) is 6.04 Å². The Morgan fingerprint density at radius 1 is 1.20 bits per heavy atom. The topological polar surface area (TPSA) is 78.5 Å². The minimum absolute atomic E-state index is 0.192. The molecule has 1 unspecified atom stereocenters. The van der Waals surface area contributed by atoms with E-state index >= 15 is 0 Å². The van der Waals surface area contributed by atoms with Crippen molar-refractivity contribution in [2.24, 2.45) is 0 Å². The van der Waals surface area contributed by atoms with Crippen molar-refractivity contribution >= 4 is 28.6 Å². The number of carbonyl (C=O) groups is 3. The number of rotatable bonds is 4. The van der Waals surface area contributed by atoms with Crippen LogP contribution in [0.5, 0.6) is 0 Å². The van der Waals surface area contributed by atoms with Gasteiger partial charge in [-0.05, 0) is 36.1 Å². The third kappa shape index (κ3) is 2.63. The second-order valence-corrected chi connectivity index (χ2v) is 6.81. The number of amides is 4. The number of hydrogen-bond donors (Lipinski definition) is 2. The zero-order valence-corrected chi connectivity index (χ0v) is 13.9. The number of imide groups is 1. The summed E-state index contributed by atoms with van der Waals surface area (Å²) in [6.45, 7) is 1.44. The number of nitrogens with one attached hydrogen (secondary N) is 2. The third-order valence-corrected chi connectivity index (χ3v) is 4.85. The maximum atomic E-state index is 13.0. The summed E-state index contributed by atoms with van der Waals surface area (Å²) in [4.78, 5) is 38.4. The first-order valence-electron chi connectivity index (χ1n) is 8.41. The van der Waals surface area contributed by atoms with E-state index in [1.165, 1.54) is 0 Å². The van der Waals surface area contributed by atoms with Gasteiger partial charge in [-0.1, -0.05) is 42.5 Å². The molecule has 1 heterocycles. The molecule has 0 radical (unpaired) electrons. The van der Waals surface area contributed by atoms with E-state index in [1.807, 2.05) is 42.5 Å². The van der Waals surface area contributed by atoms with Gasteiger partial charge in [0.1, 0.15) is 12.1 Å². The van der Waals surface area contributed by atoms with Gasteiger partial charge in [0.15, 0.2) is 0 Å². The average Bonchev–Trinajstić information content (AvgIpc) is 3.38. The fourth-order valence-corrected chi connectivity index (χ4v) is 3.33. The van der Waals surface area contributed by atoms with Gasteiger partial charge in [-0.15, -0.1) is 0 Å². The van der Waals surface area contributed by atoms with Crippen LogP contribution in [0.4, 0.5) is 4.79 Å². The molecule has 6 heteroatoms. The van der Waals surface area contributed by atoms with Crippen LogP contribution in [0.25, 0.3) is 10.8 Å². The highest BCUT2D eigenvalue weighted by Crippen LogP contribution is 2.33. The Morgan fingerprint density at radius 2 is 1.92 bits per heavy atom. The van der Waals surface area contributed by atoms with Crippen molar-refractivity contribution in [3.63, 3.8) is 0 Å². The predicted molar refractivity (Wildman–Crippen MR) is 92.7 cm³/mol. The molecule has 128 valence electrons. The maximum Gasteiger partial charge on any atom is 0.325 e. The van der Waals surface area contributed by atoms with E-state index in [4.69, 9.17) is 0 Å². The first kappa shape index (κ1) is 15.6. The second-order valence-electron chi connectivity index (χ2n) is 6.81. The predicted octanol–water partition coefficient (Wildman–Crippen LogP) is 1.89. The molecule has 0 bridgehead atoms. The number of hydrogen-bond acceptors (Lipinski definition) is 3. The van der Waals surface area contributed by atoms with E-state index in [9.17, 15) is 14.4 Å². The standard InChI is InChI=1S/C19H19N3O3/c1-19(15-8-4-6-12-5-2-3-7-14(12)15)17(24)22(18(25)21-19)11-16(23)20-13-9-10-13/h2-8,13H,9-11H2,1H3,(H,20,23)(H,21,25). The Balaban J connectivity index is 1.66. The lowest BCUT2D eigenvalue weighted by Crippen LogP contribution is -2.43. The van der Waals surface area contributed by atoms with Gasteiger partial charge >= 0.3 is 6.03 Å². The van der Waals surface area contributed by atoms with E-state index < -0.39 is 17.5 Å². The summed E-state index contributed by atoms with van der Waals surface area (Å²) in [5.41, 5.74) is -0.452. The summed E-state index contributed by atoms with van der Waals surface area (Å²) < 4.78 is 0. The first-order valence-corrected chi connectivity index (χ1v) is 8.41. The fourth-order valence-electron chi connectivity index (χ4n) is 3.33. The van der Waals surface area contributed by atoms with Crippen LogP contribution in [0, 0.1) is 0 Å². The zero-order chi connectivity index (χ0) is 17.6. The molecule has 2 N–H and O–H groups in total. The van der Waals surface area contributed by atoms with E-state index in [2.05, 4.69) is 10.6 Å². The number of carbonyl (C=O) groups excluding carboxylic acids is 3. The monoisotopic (exact) mass is 337 g/mol. The maximum absolute atomic E-state index is 13.0. The van der Waals surface area contributed by atoms with Crippen molar-refractivity contribution in [2.45, 2.75) is 31.3 Å². The lowest BCUT2D eigenvalue weighted by atomic mass is 9.88. The van der Waals surface area contributed by atoms with E-state index in [-0.39, 0.29) is 18.5 Å². The highest BCUT2D eigenvalue weighted by atomic mass is 16.2. The summed E-state index contributed by atoms with van der Waals surface area (Å²) in [5, 5.41) is 7.48. The quantitative estimate of drug-likeness (QED) is 0.836. The zero-order valence-electron chi connectivity index (χ0n) is 13.9. The van der Waals surface area contributed by atoms with E-state index in [1.54, 1.807) is 6.92 Å². The summed E-state index contributed by atoms with van der Waals surface area (Å²) in [7, 11) is 0. The molecule has 4 rings (SSSR count). The molecule has 6 nitrogen and oxygen atoms in total. The molecule has 2 aliphatic rings. The highest BCUT2D eigenvalue weighted by Gasteiger charge is 2.50. The molecule has 1 saturated heterocycles. The fraction of sp³-hybridized carbons (Fsp3) is 0.316. The van der Waals surface area contributed by atoms with Crippen molar-refractivity contribution in [3.05, 3.63) is 48.0 Å². The molecule has 25 heavy (non-hydrogen) atoms. The van der Waals surface area contributed by atoms with Crippen molar-refractivity contribution in [2.75, 3.05) is 6.54 Å². The molecule has 0 spiro atoms. The van der Waals surface area contributed by atoms with Crippen LogP contribution >= 0.6 is 0 Å². The van der Waals surface area contributed by atoms with Crippen molar-refractivity contribution < 1.29 is 14.4 Å². The van der Waals surface area contributed by atoms with Crippen LogP contribution in [0.2, 0.25) is 0 Å². The molecule has 2 fully saturated rings. The molecular formula is C19H19N3O3. The van der Waals surface area contributed by atoms with Crippen LogP contribution < -0.4 is 10.6 Å². The average molecular weight is 337 g/mol. The van der Waals surface area contributed by atoms with E-state index in [0.717, 1.165) is 34.1 Å². The van der Waals surface area contributed by atoms with E-state index in [0.29, 0.717) is 0 Å². The van der Waals surface area contributed by atoms with Crippen molar-refractivity contribution in [1.82, 2.24) is 15.5 Å². The van der Waals surface area contributed by atoms with Crippen LogP contribution in [0.1, 0.15) is 25.3 Å². The first-order chi connectivity index (χ1) is 12.0. The second kappa shape index (κ2) is 5.58. The minimum atomic E-state index is -1.18. The van der Waals surface area contributed by atoms with Crippen LogP contribution in [-0.2, 0) is 15.1 Å². The van der Waals surface area contributed by atoms with Crippen LogP contribution in [0.15, 0.2) is 42.5 Å². The molecule has 2 aromatic carbocycles. The summed E-state index contributed by atoms with van der Waals surface area (Å²) >= 11 is 0. The Kier molecular flexibility index (Phi) is 3.49. The van der Waals surface area contributed by atoms with Gasteiger partial charge < -0.3 is 10.6 Å². The van der Waals surface area contributed by atoms with Gasteiger partial charge in [-0.2, -0.15) is 0 Å². The largest absolute Gasteiger partial charge is 0.352 e. The third-order valence-electron chi connectivity index (χ3n) is 4.85. The van der Waals surface area contributed by atoms with Gasteiger partial charge in [-0.3, -0.25) is 14.5 Å². The van der Waals surface area contributed by atoms with Crippen molar-refractivity contribution in [3.8, 4) is 0 Å². The molecule has 1 atom stereocenters. The van der Waals surface area contributed by atoms with Crippen LogP contribution in [-0.4, -0.2) is 35.3 Å². The lowest BCUT2D eigenvalue weighted by Gasteiger charge is -2.24. The van der Waals surface area contributed by atoms with Gasteiger partial charge in [0.05, 0.1) is 0 Å². The van der Waals surface area contributed by atoms with Gasteiger partial charge in [-0.25, -0.2) is 4.79 Å². The van der Waals surface area contributed by atoms with Gasteiger partial charge in [0.2, 0.25) is 5.91 Å². The van der Waals surface area contributed by atoms with Gasteiger partial charge in [0.25, 0.3) is 5.91 Å². The lowest BCUT2D eigenvalue weighted by molar-refractivity contribution is -0.134. The summed E-state index contributed by atoms with van der Waals surface area (Å²) in [5.74, 6) is -0.701. The summed E-state index contributed by atoms with van der Waals surface area (Å²) in [6.07, 6.45) is 1.92. The Labute approximate surface area is 145 Å². The Bertz CT molecular complexity index is 885. The Hall–Kier alpha value is -2.89. The number of nitrogens with zero attached hydrogens (tertiary/aromatic N) is 1. The summed E-state index contributed by atoms with van der Waals surface area (Å²) in [6, 6.07) is 13.0. The minimum Gasteiger partial charge on any atom is -0.352 e. The van der Waals surface area contributed by atoms with Crippen molar-refractivity contribution in [1.29, 1.82) is 0 Å². The number of benzene rings is 2. The normalized spacial score (nSPS) is 23.0.